The van der Waals surface area contributed by atoms with E-state index in [4.69, 9.17) is 23.2 Å². The number of piperidine rings is 1. The number of hydrogen-bond donors (Lipinski definition) is 0. The third-order valence-electron chi connectivity index (χ3n) is 5.41. The monoisotopic (exact) mass is 394 g/mol. The molecule has 2 aliphatic rings. The van der Waals surface area contributed by atoms with Crippen LogP contribution >= 0.6 is 34.5 Å². The fourth-order valence-electron chi connectivity index (χ4n) is 4.19. The molecule has 1 aromatic heterocycles. The molecule has 1 aliphatic carbocycles. The van der Waals surface area contributed by atoms with Crippen molar-refractivity contribution in [1.29, 1.82) is 0 Å². The molecule has 1 aliphatic heterocycles. The van der Waals surface area contributed by atoms with E-state index in [1.165, 1.54) is 37.0 Å². The van der Waals surface area contributed by atoms with Crippen LogP contribution in [0.5, 0.6) is 0 Å². The van der Waals surface area contributed by atoms with Crippen molar-refractivity contribution >= 4 is 40.4 Å². The Labute approximate surface area is 162 Å². The average Bonchev–Trinajstić information content (AvgIpc) is 3.13. The SMILES string of the molecule is O=C(c1csc(-c2cccc(Cl)c2Cl)n1)N1CCCC2CCCCC21. The smallest absolute Gasteiger partial charge is 0.273 e. The molecule has 132 valence electrons. The molecule has 2 atom stereocenters. The first-order chi connectivity index (χ1) is 12.1. The van der Waals surface area contributed by atoms with E-state index in [1.54, 1.807) is 6.07 Å². The van der Waals surface area contributed by atoms with Gasteiger partial charge in [0.2, 0.25) is 0 Å². The number of carbonyl (C=O) groups is 1. The number of amides is 1. The molecular formula is C19H20Cl2N2OS. The zero-order chi connectivity index (χ0) is 17.4. The van der Waals surface area contributed by atoms with Crippen molar-refractivity contribution in [2.75, 3.05) is 6.54 Å². The van der Waals surface area contributed by atoms with Crippen LogP contribution in [-0.2, 0) is 0 Å². The molecule has 0 spiro atoms. The summed E-state index contributed by atoms with van der Waals surface area (Å²) in [5.41, 5.74) is 1.31. The van der Waals surface area contributed by atoms with Crippen molar-refractivity contribution in [2.24, 2.45) is 5.92 Å². The van der Waals surface area contributed by atoms with Crippen molar-refractivity contribution in [2.45, 2.75) is 44.6 Å². The molecule has 2 fully saturated rings. The van der Waals surface area contributed by atoms with E-state index in [-0.39, 0.29) is 5.91 Å². The summed E-state index contributed by atoms with van der Waals surface area (Å²) in [6, 6.07) is 5.89. The molecule has 1 amide bonds. The van der Waals surface area contributed by atoms with E-state index in [1.807, 2.05) is 17.5 Å². The zero-order valence-corrected chi connectivity index (χ0v) is 16.2. The summed E-state index contributed by atoms with van der Waals surface area (Å²) in [7, 11) is 0. The van der Waals surface area contributed by atoms with Crippen LogP contribution in [0.15, 0.2) is 23.6 Å². The van der Waals surface area contributed by atoms with Crippen molar-refractivity contribution in [3.63, 3.8) is 0 Å². The maximum Gasteiger partial charge on any atom is 0.273 e. The molecule has 6 heteroatoms. The van der Waals surface area contributed by atoms with Gasteiger partial charge in [0.15, 0.2) is 0 Å². The van der Waals surface area contributed by atoms with E-state index in [2.05, 4.69) is 9.88 Å². The van der Waals surface area contributed by atoms with Gasteiger partial charge in [0.1, 0.15) is 10.7 Å². The molecule has 0 bridgehead atoms. The molecule has 3 nitrogen and oxygen atoms in total. The molecule has 0 radical (unpaired) electrons. The predicted octanol–water partition coefficient (Wildman–Crippen LogP) is 5.91. The largest absolute Gasteiger partial charge is 0.334 e. The van der Waals surface area contributed by atoms with Crippen molar-refractivity contribution in [1.82, 2.24) is 9.88 Å². The lowest BCUT2D eigenvalue weighted by Gasteiger charge is -2.43. The highest BCUT2D eigenvalue weighted by Crippen LogP contribution is 2.38. The highest BCUT2D eigenvalue weighted by Gasteiger charge is 2.36. The number of rotatable bonds is 2. The van der Waals surface area contributed by atoms with Gasteiger partial charge in [-0.1, -0.05) is 48.2 Å². The third-order valence-corrected chi connectivity index (χ3v) is 7.10. The Bertz CT molecular complexity index is 789. The van der Waals surface area contributed by atoms with E-state index in [0.29, 0.717) is 27.7 Å². The summed E-state index contributed by atoms with van der Waals surface area (Å²) in [5, 5.41) is 3.58. The lowest BCUT2D eigenvalue weighted by Crippen LogP contribution is -2.49. The second-order valence-corrected chi connectivity index (χ2v) is 8.54. The minimum atomic E-state index is 0.0669. The van der Waals surface area contributed by atoms with Crippen LogP contribution in [0, 0.1) is 5.92 Å². The Morgan fingerprint density at radius 1 is 1.16 bits per heavy atom. The fraction of sp³-hybridized carbons (Fsp3) is 0.474. The second kappa shape index (κ2) is 7.26. The predicted molar refractivity (Wildman–Crippen MR) is 104 cm³/mol. The zero-order valence-electron chi connectivity index (χ0n) is 13.9. The van der Waals surface area contributed by atoms with Gasteiger partial charge in [0.25, 0.3) is 5.91 Å². The summed E-state index contributed by atoms with van der Waals surface area (Å²) in [5.74, 6) is 0.740. The number of aromatic nitrogens is 1. The van der Waals surface area contributed by atoms with Gasteiger partial charge in [0, 0.05) is 23.5 Å². The maximum absolute atomic E-state index is 13.1. The fourth-order valence-corrected chi connectivity index (χ4v) is 5.46. The van der Waals surface area contributed by atoms with Crippen LogP contribution in [-0.4, -0.2) is 28.4 Å². The molecule has 1 saturated carbocycles. The highest BCUT2D eigenvalue weighted by molar-refractivity contribution is 7.13. The van der Waals surface area contributed by atoms with Gasteiger partial charge >= 0.3 is 0 Å². The Morgan fingerprint density at radius 2 is 1.96 bits per heavy atom. The van der Waals surface area contributed by atoms with Crippen LogP contribution in [0.1, 0.15) is 49.0 Å². The Kier molecular flexibility index (Phi) is 5.03. The van der Waals surface area contributed by atoms with Crippen LogP contribution < -0.4 is 0 Å². The second-order valence-electron chi connectivity index (χ2n) is 6.89. The van der Waals surface area contributed by atoms with Crippen LogP contribution in [0.2, 0.25) is 10.0 Å². The summed E-state index contributed by atoms with van der Waals surface area (Å²) < 4.78 is 0. The van der Waals surface area contributed by atoms with Crippen molar-refractivity contribution in [3.05, 3.63) is 39.3 Å². The average molecular weight is 395 g/mol. The van der Waals surface area contributed by atoms with Gasteiger partial charge in [-0.2, -0.15) is 0 Å². The van der Waals surface area contributed by atoms with Crippen LogP contribution in [0.25, 0.3) is 10.6 Å². The van der Waals surface area contributed by atoms with Gasteiger partial charge in [-0.15, -0.1) is 11.3 Å². The molecule has 2 unspecified atom stereocenters. The summed E-state index contributed by atoms with van der Waals surface area (Å²) in [6.45, 7) is 0.852. The first kappa shape index (κ1) is 17.3. The summed E-state index contributed by atoms with van der Waals surface area (Å²) >= 11 is 13.8. The number of nitrogens with zero attached hydrogens (tertiary/aromatic N) is 2. The molecule has 1 aromatic carbocycles. The lowest BCUT2D eigenvalue weighted by atomic mass is 9.78. The van der Waals surface area contributed by atoms with E-state index < -0.39 is 0 Å². The number of thiazole rings is 1. The van der Waals surface area contributed by atoms with Crippen molar-refractivity contribution < 1.29 is 4.79 Å². The number of benzene rings is 1. The molecule has 4 rings (SSSR count). The van der Waals surface area contributed by atoms with Gasteiger partial charge in [-0.05, 0) is 37.7 Å². The number of likely N-dealkylation sites (tertiary alicyclic amines) is 1. The first-order valence-electron chi connectivity index (χ1n) is 8.86. The molecular weight excluding hydrogens is 375 g/mol. The highest BCUT2D eigenvalue weighted by atomic mass is 35.5. The molecule has 2 aromatic rings. The van der Waals surface area contributed by atoms with Crippen LogP contribution in [0.4, 0.5) is 0 Å². The lowest BCUT2D eigenvalue weighted by molar-refractivity contribution is 0.0386. The van der Waals surface area contributed by atoms with Gasteiger partial charge < -0.3 is 4.90 Å². The maximum atomic E-state index is 13.1. The Balaban J connectivity index is 1.59. The molecule has 2 heterocycles. The van der Waals surface area contributed by atoms with Gasteiger partial charge in [0.05, 0.1) is 10.0 Å². The number of fused-ring (bicyclic) bond motifs is 1. The van der Waals surface area contributed by atoms with E-state index in [0.717, 1.165) is 30.0 Å². The number of halogens is 2. The molecule has 1 saturated heterocycles. The third kappa shape index (κ3) is 3.32. The van der Waals surface area contributed by atoms with E-state index >= 15 is 0 Å². The normalized spacial score (nSPS) is 23.4. The number of carbonyl (C=O) groups excluding carboxylic acids is 1. The summed E-state index contributed by atoms with van der Waals surface area (Å²) in [6.07, 6.45) is 7.28. The standard InChI is InChI=1S/C19H20Cl2N2OS/c20-14-8-3-7-13(17(14)21)18-22-15(11-25-18)19(24)23-10-4-6-12-5-1-2-9-16(12)23/h3,7-8,11-12,16H,1-2,4-6,9-10H2. The number of hydrogen-bond acceptors (Lipinski definition) is 3. The Morgan fingerprint density at radius 3 is 2.84 bits per heavy atom. The van der Waals surface area contributed by atoms with Gasteiger partial charge in [-0.25, -0.2) is 4.98 Å². The minimum absolute atomic E-state index is 0.0669. The molecule has 25 heavy (non-hydrogen) atoms. The van der Waals surface area contributed by atoms with Crippen LogP contribution in [0.3, 0.4) is 0 Å². The summed E-state index contributed by atoms with van der Waals surface area (Å²) in [4.78, 5) is 19.7. The quantitative estimate of drug-likeness (QED) is 0.633. The molecule has 0 N–H and O–H groups in total. The first-order valence-corrected chi connectivity index (χ1v) is 10.5. The Hall–Kier alpha value is -1.10. The van der Waals surface area contributed by atoms with Gasteiger partial charge in [-0.3, -0.25) is 4.79 Å². The van der Waals surface area contributed by atoms with Crippen molar-refractivity contribution in [3.8, 4) is 10.6 Å². The van der Waals surface area contributed by atoms with E-state index in [9.17, 15) is 4.79 Å². The topological polar surface area (TPSA) is 33.2 Å². The minimum Gasteiger partial charge on any atom is -0.334 e.